The first-order valence-corrected chi connectivity index (χ1v) is 9.13. The van der Waals surface area contributed by atoms with Crippen LogP contribution in [0.3, 0.4) is 0 Å². The van der Waals surface area contributed by atoms with Crippen LogP contribution in [0.4, 0.5) is 26.3 Å². The zero-order valence-electron chi connectivity index (χ0n) is 15.5. The van der Waals surface area contributed by atoms with Crippen LogP contribution in [-0.2, 0) is 22.7 Å². The molecule has 10 heteroatoms. The van der Waals surface area contributed by atoms with E-state index in [1.54, 1.807) is 6.92 Å². The topological polar surface area (TPSA) is 46.9 Å². The molecule has 0 unspecified atom stereocenters. The van der Waals surface area contributed by atoms with Gasteiger partial charge >= 0.3 is 12.4 Å². The number of nitrogens with one attached hydrogen (secondary N) is 1. The third-order valence-electron chi connectivity index (χ3n) is 5.11. The summed E-state index contributed by atoms with van der Waals surface area (Å²) in [6.45, 7) is 1.72. The number of halogens is 6. The van der Waals surface area contributed by atoms with Gasteiger partial charge in [-0.2, -0.15) is 31.4 Å². The summed E-state index contributed by atoms with van der Waals surface area (Å²) in [5, 5.41) is 6.11. The number of carbonyl (C=O) groups is 1. The number of benzene rings is 1. The molecule has 1 aromatic heterocycles. The van der Waals surface area contributed by atoms with Gasteiger partial charge in [0.25, 0.3) is 0 Å². The maximum absolute atomic E-state index is 13.2. The third-order valence-corrected chi connectivity index (χ3v) is 5.11. The molecule has 1 N–H and O–H groups in total. The van der Waals surface area contributed by atoms with E-state index in [0.717, 1.165) is 12.8 Å². The fraction of sp³-hybridized carbons (Fsp3) is 0.474. The van der Waals surface area contributed by atoms with E-state index in [9.17, 15) is 31.1 Å². The fourth-order valence-corrected chi connectivity index (χ4v) is 3.66. The minimum absolute atomic E-state index is 0.00611. The van der Waals surface area contributed by atoms with Gasteiger partial charge in [-0.25, -0.2) is 4.68 Å². The summed E-state index contributed by atoms with van der Waals surface area (Å²) in [4.78, 5) is 11.9. The molecular formula is C19H19F6N3O. The average Bonchev–Trinajstić information content (AvgIpc) is 3.29. The summed E-state index contributed by atoms with van der Waals surface area (Å²) in [6, 6.07) is 5.64. The highest BCUT2D eigenvalue weighted by molar-refractivity contribution is 5.76. The van der Waals surface area contributed by atoms with Crippen molar-refractivity contribution in [3.63, 3.8) is 0 Å². The molecule has 0 saturated heterocycles. The summed E-state index contributed by atoms with van der Waals surface area (Å²) >= 11 is 0. The van der Waals surface area contributed by atoms with Crippen molar-refractivity contribution in [2.45, 2.75) is 56.9 Å². The molecule has 1 aliphatic carbocycles. The molecule has 0 radical (unpaired) electrons. The van der Waals surface area contributed by atoms with E-state index in [-0.39, 0.29) is 22.3 Å². The number of alkyl halides is 6. The number of carbonyl (C=O) groups excluding carboxylic acids is 1. The molecule has 4 nitrogen and oxygen atoms in total. The summed E-state index contributed by atoms with van der Waals surface area (Å²) in [7, 11) is 0. The van der Waals surface area contributed by atoms with Crippen LogP contribution in [0, 0.1) is 0 Å². The van der Waals surface area contributed by atoms with Gasteiger partial charge in [0.1, 0.15) is 5.69 Å². The maximum Gasteiger partial charge on any atom is 0.435 e. The van der Waals surface area contributed by atoms with Crippen LogP contribution in [0.15, 0.2) is 30.3 Å². The second-order valence-corrected chi connectivity index (χ2v) is 7.06. The number of nitrogens with zero attached hydrogens (tertiary/aromatic N) is 2. The minimum Gasteiger partial charge on any atom is -0.347 e. The molecule has 1 fully saturated rings. The molecular weight excluding hydrogens is 400 g/mol. The number of aromatic nitrogens is 2. The highest BCUT2D eigenvalue weighted by atomic mass is 19.4. The Kier molecular flexibility index (Phi) is 5.40. The Bertz CT molecular complexity index is 877. The van der Waals surface area contributed by atoms with Gasteiger partial charge in [0.05, 0.1) is 11.2 Å². The molecule has 3 rings (SSSR count). The van der Waals surface area contributed by atoms with E-state index in [1.807, 2.05) is 0 Å². The SMILES string of the molecule is CCC(=O)NC1(c2ccc(-n3nc(C(F)(F)F)cc3C(F)(F)F)cc2)CCCC1. The van der Waals surface area contributed by atoms with Crippen LogP contribution in [0.1, 0.15) is 56.0 Å². The molecule has 1 amide bonds. The molecule has 1 heterocycles. The normalized spacial score (nSPS) is 16.8. The summed E-state index contributed by atoms with van der Waals surface area (Å²) in [5.41, 5.74) is -3.17. The molecule has 1 saturated carbocycles. The molecule has 0 bridgehead atoms. The molecule has 158 valence electrons. The van der Waals surface area contributed by atoms with E-state index < -0.39 is 29.3 Å². The Balaban J connectivity index is 2.00. The van der Waals surface area contributed by atoms with Crippen molar-refractivity contribution >= 4 is 5.91 Å². The van der Waals surface area contributed by atoms with E-state index in [0.29, 0.717) is 24.8 Å². The summed E-state index contributed by atoms with van der Waals surface area (Å²) < 4.78 is 78.6. The lowest BCUT2D eigenvalue weighted by atomic mass is 9.87. The molecule has 29 heavy (non-hydrogen) atoms. The zero-order chi connectivity index (χ0) is 21.4. The fourth-order valence-electron chi connectivity index (χ4n) is 3.66. The Hall–Kier alpha value is -2.52. The van der Waals surface area contributed by atoms with Crippen molar-refractivity contribution in [2.24, 2.45) is 0 Å². The van der Waals surface area contributed by atoms with Gasteiger partial charge in [0, 0.05) is 12.5 Å². The van der Waals surface area contributed by atoms with Crippen LogP contribution < -0.4 is 5.32 Å². The van der Waals surface area contributed by atoms with E-state index in [2.05, 4.69) is 10.4 Å². The van der Waals surface area contributed by atoms with Gasteiger partial charge in [-0.1, -0.05) is 31.9 Å². The molecule has 1 aliphatic rings. The predicted molar refractivity (Wildman–Crippen MR) is 92.1 cm³/mol. The highest BCUT2D eigenvalue weighted by Crippen LogP contribution is 2.40. The standard InChI is InChI=1S/C19H19F6N3O/c1-2-16(29)26-17(9-3-4-10-17)12-5-7-13(8-6-12)28-15(19(23,24)25)11-14(27-28)18(20,21)22/h5-8,11H,2-4,9-10H2,1H3,(H,26,29). The lowest BCUT2D eigenvalue weighted by Gasteiger charge is -2.31. The largest absolute Gasteiger partial charge is 0.435 e. The van der Waals surface area contributed by atoms with Crippen molar-refractivity contribution in [2.75, 3.05) is 0 Å². The molecule has 1 aromatic carbocycles. The third kappa shape index (κ3) is 4.25. The quantitative estimate of drug-likeness (QED) is 0.692. The lowest BCUT2D eigenvalue weighted by molar-refractivity contribution is -0.143. The van der Waals surface area contributed by atoms with Crippen molar-refractivity contribution in [1.82, 2.24) is 15.1 Å². The van der Waals surface area contributed by atoms with Gasteiger partial charge in [0.2, 0.25) is 5.91 Å². The second-order valence-electron chi connectivity index (χ2n) is 7.06. The van der Waals surface area contributed by atoms with Gasteiger partial charge in [-0.3, -0.25) is 4.79 Å². The van der Waals surface area contributed by atoms with Crippen molar-refractivity contribution in [3.8, 4) is 5.69 Å². The summed E-state index contributed by atoms with van der Waals surface area (Å²) in [5.74, 6) is -0.141. The Morgan fingerprint density at radius 1 is 1.07 bits per heavy atom. The van der Waals surface area contributed by atoms with E-state index in [1.165, 1.54) is 24.3 Å². The molecule has 2 aromatic rings. The van der Waals surface area contributed by atoms with Gasteiger partial charge in [-0.15, -0.1) is 0 Å². The predicted octanol–water partition coefficient (Wildman–Crippen LogP) is 5.21. The van der Waals surface area contributed by atoms with Gasteiger partial charge in [-0.05, 0) is 30.5 Å². The van der Waals surface area contributed by atoms with Crippen LogP contribution in [0.2, 0.25) is 0 Å². The molecule has 0 aliphatic heterocycles. The van der Waals surface area contributed by atoms with Crippen LogP contribution in [0.5, 0.6) is 0 Å². The molecule has 0 spiro atoms. The Labute approximate surface area is 162 Å². The van der Waals surface area contributed by atoms with Crippen LogP contribution >= 0.6 is 0 Å². The van der Waals surface area contributed by atoms with Crippen molar-refractivity contribution < 1.29 is 31.1 Å². The Morgan fingerprint density at radius 2 is 1.66 bits per heavy atom. The first-order chi connectivity index (χ1) is 13.5. The van der Waals surface area contributed by atoms with Crippen molar-refractivity contribution in [3.05, 3.63) is 47.3 Å². The van der Waals surface area contributed by atoms with E-state index >= 15 is 0 Å². The smallest absolute Gasteiger partial charge is 0.347 e. The van der Waals surface area contributed by atoms with Crippen LogP contribution in [-0.4, -0.2) is 15.7 Å². The second kappa shape index (κ2) is 7.38. The monoisotopic (exact) mass is 419 g/mol. The van der Waals surface area contributed by atoms with Crippen LogP contribution in [0.25, 0.3) is 5.69 Å². The van der Waals surface area contributed by atoms with Crippen molar-refractivity contribution in [1.29, 1.82) is 0 Å². The average molecular weight is 419 g/mol. The maximum atomic E-state index is 13.2. The first kappa shape index (κ1) is 21.2. The number of hydrogen-bond acceptors (Lipinski definition) is 2. The van der Waals surface area contributed by atoms with Gasteiger partial charge < -0.3 is 5.32 Å². The number of rotatable bonds is 4. The Morgan fingerprint density at radius 3 is 2.14 bits per heavy atom. The number of hydrogen-bond donors (Lipinski definition) is 1. The summed E-state index contributed by atoms with van der Waals surface area (Å²) in [6.07, 6.45) is -6.56. The zero-order valence-corrected chi connectivity index (χ0v) is 15.5. The molecule has 0 atom stereocenters. The lowest BCUT2D eigenvalue weighted by Crippen LogP contribution is -2.43. The highest BCUT2D eigenvalue weighted by Gasteiger charge is 2.42. The number of amides is 1. The van der Waals surface area contributed by atoms with Gasteiger partial charge in [0.15, 0.2) is 5.69 Å². The van der Waals surface area contributed by atoms with E-state index in [4.69, 9.17) is 0 Å². The minimum atomic E-state index is -5.00. The first-order valence-electron chi connectivity index (χ1n) is 9.13.